The molecular formula is C18H22N2. The van der Waals surface area contributed by atoms with Gasteiger partial charge in [0.05, 0.1) is 0 Å². The van der Waals surface area contributed by atoms with Gasteiger partial charge in [-0.1, -0.05) is 48.0 Å². The summed E-state index contributed by atoms with van der Waals surface area (Å²) >= 11 is 0. The van der Waals surface area contributed by atoms with Gasteiger partial charge in [-0.25, -0.2) is 0 Å². The summed E-state index contributed by atoms with van der Waals surface area (Å²) in [5, 5.41) is 3.53. The van der Waals surface area contributed by atoms with Crippen LogP contribution in [0.1, 0.15) is 11.1 Å². The van der Waals surface area contributed by atoms with E-state index in [1.807, 2.05) is 0 Å². The third-order valence-corrected chi connectivity index (χ3v) is 3.99. The van der Waals surface area contributed by atoms with Gasteiger partial charge in [-0.15, -0.1) is 0 Å². The first-order valence-electron chi connectivity index (χ1n) is 7.41. The van der Waals surface area contributed by atoms with Crippen LogP contribution in [0.25, 0.3) is 0 Å². The lowest BCUT2D eigenvalue weighted by molar-refractivity contribution is 0.473. The van der Waals surface area contributed by atoms with Gasteiger partial charge in [-0.05, 0) is 31.0 Å². The highest BCUT2D eigenvalue weighted by Gasteiger charge is 2.22. The fraction of sp³-hybridized carbons (Fsp3) is 0.333. The smallest absolute Gasteiger partial charge is 0.0455 e. The molecule has 2 heteroatoms. The Morgan fingerprint density at radius 2 is 1.95 bits per heavy atom. The van der Waals surface area contributed by atoms with Crippen LogP contribution >= 0.6 is 0 Å². The Labute approximate surface area is 121 Å². The predicted octanol–water partition coefficient (Wildman–Crippen LogP) is 3.02. The van der Waals surface area contributed by atoms with Crippen molar-refractivity contribution in [2.24, 2.45) is 0 Å². The number of hydrogen-bond acceptors (Lipinski definition) is 2. The van der Waals surface area contributed by atoms with E-state index in [1.165, 1.54) is 16.8 Å². The van der Waals surface area contributed by atoms with Gasteiger partial charge in [0.15, 0.2) is 0 Å². The first kappa shape index (κ1) is 13.2. The lowest BCUT2D eigenvalue weighted by atomic mass is 10.0. The molecule has 20 heavy (non-hydrogen) atoms. The van der Waals surface area contributed by atoms with Crippen LogP contribution in [0, 0.1) is 6.92 Å². The Kier molecular flexibility index (Phi) is 4.03. The number of rotatable bonds is 3. The van der Waals surface area contributed by atoms with Crippen LogP contribution in [0.2, 0.25) is 0 Å². The van der Waals surface area contributed by atoms with Crippen LogP contribution < -0.4 is 10.2 Å². The van der Waals surface area contributed by atoms with Crippen molar-refractivity contribution in [1.82, 2.24) is 5.32 Å². The summed E-state index contributed by atoms with van der Waals surface area (Å²) in [4.78, 5) is 2.54. The number of benzene rings is 2. The minimum Gasteiger partial charge on any atom is -0.366 e. The van der Waals surface area contributed by atoms with Crippen molar-refractivity contribution in [1.29, 1.82) is 0 Å². The Morgan fingerprint density at radius 1 is 1.10 bits per heavy atom. The molecule has 1 saturated heterocycles. The molecule has 104 valence electrons. The lowest BCUT2D eigenvalue weighted by Crippen LogP contribution is -2.52. The average molecular weight is 266 g/mol. The van der Waals surface area contributed by atoms with Gasteiger partial charge in [0, 0.05) is 31.4 Å². The molecule has 0 aliphatic carbocycles. The van der Waals surface area contributed by atoms with Gasteiger partial charge in [0.25, 0.3) is 0 Å². The Balaban J connectivity index is 1.79. The summed E-state index contributed by atoms with van der Waals surface area (Å²) in [6, 6.07) is 20.2. The number of aryl methyl sites for hydroxylation is 1. The van der Waals surface area contributed by atoms with Crippen LogP contribution in [0.3, 0.4) is 0 Å². The lowest BCUT2D eigenvalue weighted by Gasteiger charge is -2.38. The molecule has 3 rings (SSSR count). The van der Waals surface area contributed by atoms with Gasteiger partial charge in [0.2, 0.25) is 0 Å². The van der Waals surface area contributed by atoms with Gasteiger partial charge < -0.3 is 10.2 Å². The standard InChI is InChI=1S/C18H22N2/c1-15-6-5-7-16(12-15)13-18-14-19-10-11-20(18)17-8-3-2-4-9-17/h2-9,12,18-19H,10-11,13-14H2,1H3. The average Bonchev–Trinajstić information content (AvgIpc) is 2.49. The van der Waals surface area contributed by atoms with Gasteiger partial charge >= 0.3 is 0 Å². The predicted molar refractivity (Wildman–Crippen MR) is 85.3 cm³/mol. The molecule has 1 atom stereocenters. The normalized spacial score (nSPS) is 19.1. The van der Waals surface area contributed by atoms with Crippen molar-refractivity contribution in [3.63, 3.8) is 0 Å². The molecule has 0 radical (unpaired) electrons. The summed E-state index contributed by atoms with van der Waals surface area (Å²) in [6.45, 7) is 5.38. The van der Waals surface area contributed by atoms with E-state index in [2.05, 4.69) is 71.7 Å². The molecule has 0 aromatic heterocycles. The Morgan fingerprint density at radius 3 is 2.75 bits per heavy atom. The molecule has 1 fully saturated rings. The van der Waals surface area contributed by atoms with Crippen molar-refractivity contribution in [3.8, 4) is 0 Å². The van der Waals surface area contributed by atoms with Gasteiger partial charge in [-0.2, -0.15) is 0 Å². The maximum Gasteiger partial charge on any atom is 0.0455 e. The number of nitrogens with one attached hydrogen (secondary N) is 1. The molecule has 1 heterocycles. The van der Waals surface area contributed by atoms with Crippen molar-refractivity contribution in [2.75, 3.05) is 24.5 Å². The van der Waals surface area contributed by atoms with E-state index >= 15 is 0 Å². The van der Waals surface area contributed by atoms with Gasteiger partial charge in [-0.3, -0.25) is 0 Å². The highest BCUT2D eigenvalue weighted by molar-refractivity contribution is 5.48. The molecule has 1 unspecified atom stereocenters. The van der Waals surface area contributed by atoms with E-state index in [0.29, 0.717) is 6.04 Å². The van der Waals surface area contributed by atoms with E-state index in [1.54, 1.807) is 0 Å². The second-order valence-electron chi connectivity index (χ2n) is 5.58. The third kappa shape index (κ3) is 3.02. The van der Waals surface area contributed by atoms with Crippen LogP contribution in [0.4, 0.5) is 5.69 Å². The minimum atomic E-state index is 0.535. The summed E-state index contributed by atoms with van der Waals surface area (Å²) in [6.07, 6.45) is 1.10. The van der Waals surface area contributed by atoms with Crippen molar-refractivity contribution < 1.29 is 0 Å². The third-order valence-electron chi connectivity index (χ3n) is 3.99. The molecule has 0 bridgehead atoms. The number of nitrogens with zero attached hydrogens (tertiary/aromatic N) is 1. The van der Waals surface area contributed by atoms with E-state index in [0.717, 1.165) is 26.1 Å². The fourth-order valence-electron chi connectivity index (χ4n) is 3.01. The first-order chi connectivity index (χ1) is 9.83. The van der Waals surface area contributed by atoms with E-state index < -0.39 is 0 Å². The zero-order chi connectivity index (χ0) is 13.8. The fourth-order valence-corrected chi connectivity index (χ4v) is 3.01. The molecule has 2 aromatic rings. The maximum absolute atomic E-state index is 3.53. The number of piperazine rings is 1. The highest BCUT2D eigenvalue weighted by atomic mass is 15.2. The summed E-state index contributed by atoms with van der Waals surface area (Å²) in [7, 11) is 0. The van der Waals surface area contributed by atoms with Crippen LogP contribution in [-0.2, 0) is 6.42 Å². The SMILES string of the molecule is Cc1cccc(CC2CNCCN2c2ccccc2)c1. The largest absolute Gasteiger partial charge is 0.366 e. The molecule has 1 N–H and O–H groups in total. The Bertz CT molecular complexity index is 550. The molecule has 2 aromatic carbocycles. The summed E-state index contributed by atoms with van der Waals surface area (Å²) < 4.78 is 0. The van der Waals surface area contributed by atoms with Gasteiger partial charge in [0.1, 0.15) is 0 Å². The van der Waals surface area contributed by atoms with E-state index in [4.69, 9.17) is 0 Å². The van der Waals surface area contributed by atoms with Crippen molar-refractivity contribution in [3.05, 3.63) is 65.7 Å². The van der Waals surface area contributed by atoms with Crippen molar-refractivity contribution in [2.45, 2.75) is 19.4 Å². The second-order valence-corrected chi connectivity index (χ2v) is 5.58. The van der Waals surface area contributed by atoms with Crippen molar-refractivity contribution >= 4 is 5.69 Å². The van der Waals surface area contributed by atoms with E-state index in [9.17, 15) is 0 Å². The van der Waals surface area contributed by atoms with Crippen LogP contribution in [0.15, 0.2) is 54.6 Å². The highest BCUT2D eigenvalue weighted by Crippen LogP contribution is 2.20. The van der Waals surface area contributed by atoms with E-state index in [-0.39, 0.29) is 0 Å². The molecule has 1 aliphatic rings. The molecule has 2 nitrogen and oxygen atoms in total. The number of para-hydroxylation sites is 1. The zero-order valence-electron chi connectivity index (χ0n) is 12.0. The van der Waals surface area contributed by atoms with Crippen LogP contribution in [-0.4, -0.2) is 25.7 Å². The topological polar surface area (TPSA) is 15.3 Å². The zero-order valence-corrected chi connectivity index (χ0v) is 12.0. The Hall–Kier alpha value is -1.80. The molecule has 0 spiro atoms. The molecule has 0 saturated carbocycles. The molecular weight excluding hydrogens is 244 g/mol. The number of hydrogen-bond donors (Lipinski definition) is 1. The quantitative estimate of drug-likeness (QED) is 0.918. The molecule has 0 amide bonds. The monoisotopic (exact) mass is 266 g/mol. The van der Waals surface area contributed by atoms with Crippen LogP contribution in [0.5, 0.6) is 0 Å². The second kappa shape index (κ2) is 6.10. The first-order valence-corrected chi connectivity index (χ1v) is 7.41. The minimum absolute atomic E-state index is 0.535. The summed E-state index contributed by atoms with van der Waals surface area (Å²) in [5.41, 5.74) is 4.11. The summed E-state index contributed by atoms with van der Waals surface area (Å²) in [5.74, 6) is 0. The maximum atomic E-state index is 3.53. The number of anilines is 1. The molecule has 1 aliphatic heterocycles.